The first kappa shape index (κ1) is 15.2. The molecule has 2 atom stereocenters. The molecule has 0 radical (unpaired) electrons. The van der Waals surface area contributed by atoms with Gasteiger partial charge in [-0.3, -0.25) is 0 Å². The zero-order valence-electron chi connectivity index (χ0n) is 13.5. The van der Waals surface area contributed by atoms with E-state index in [-0.39, 0.29) is 5.54 Å². The lowest BCUT2D eigenvalue weighted by atomic mass is 9.89. The van der Waals surface area contributed by atoms with E-state index < -0.39 is 0 Å². The van der Waals surface area contributed by atoms with Crippen LogP contribution in [0.25, 0.3) is 0 Å². The van der Waals surface area contributed by atoms with E-state index in [9.17, 15) is 0 Å². The summed E-state index contributed by atoms with van der Waals surface area (Å²) in [5.74, 6) is 2.56. The molecule has 1 aromatic heterocycles. The van der Waals surface area contributed by atoms with E-state index >= 15 is 0 Å². The van der Waals surface area contributed by atoms with Crippen LogP contribution in [0.2, 0.25) is 0 Å². The molecule has 112 valence electrons. The van der Waals surface area contributed by atoms with Crippen LogP contribution in [-0.4, -0.2) is 28.8 Å². The third kappa shape index (κ3) is 4.17. The summed E-state index contributed by atoms with van der Waals surface area (Å²) in [5, 5.41) is 12.2. The van der Waals surface area contributed by atoms with E-state index in [1.54, 1.807) is 0 Å². The molecule has 20 heavy (non-hydrogen) atoms. The maximum atomic E-state index is 4.40. The van der Waals surface area contributed by atoms with Gasteiger partial charge >= 0.3 is 0 Å². The fourth-order valence-electron chi connectivity index (χ4n) is 2.44. The molecular formula is C16H28N4. The minimum absolute atomic E-state index is 0.110. The molecule has 0 aliphatic carbocycles. The molecule has 1 aliphatic heterocycles. The monoisotopic (exact) mass is 276 g/mol. The average molecular weight is 276 g/mol. The first-order chi connectivity index (χ1) is 9.35. The quantitative estimate of drug-likeness (QED) is 0.921. The third-order valence-electron chi connectivity index (χ3n) is 4.16. The Bertz CT molecular complexity index is 421. The molecule has 1 aromatic rings. The number of anilines is 1. The van der Waals surface area contributed by atoms with Gasteiger partial charge in [-0.05, 0) is 51.2 Å². The van der Waals surface area contributed by atoms with Crippen LogP contribution in [0, 0.1) is 11.8 Å². The SMILES string of the molecule is CC1CCN(c2ccc(CNC(C)(C)C)nn2)CC1C. The zero-order chi connectivity index (χ0) is 14.8. The van der Waals surface area contributed by atoms with Crippen LogP contribution in [0.4, 0.5) is 5.82 Å². The number of hydrogen-bond acceptors (Lipinski definition) is 4. The average Bonchev–Trinajstić information content (AvgIpc) is 2.39. The molecule has 0 saturated carbocycles. The predicted molar refractivity (Wildman–Crippen MR) is 83.8 cm³/mol. The molecule has 1 aliphatic rings. The summed E-state index contributed by atoms with van der Waals surface area (Å²) in [6.45, 7) is 14.1. The van der Waals surface area contributed by atoms with Gasteiger partial charge in [-0.15, -0.1) is 5.10 Å². The van der Waals surface area contributed by atoms with E-state index in [1.165, 1.54) is 6.42 Å². The van der Waals surface area contributed by atoms with Crippen molar-refractivity contribution in [3.8, 4) is 0 Å². The Hall–Kier alpha value is -1.16. The molecule has 1 N–H and O–H groups in total. The minimum Gasteiger partial charge on any atom is -0.355 e. The van der Waals surface area contributed by atoms with E-state index in [2.05, 4.69) is 67.2 Å². The lowest BCUT2D eigenvalue weighted by molar-refractivity contribution is 0.322. The first-order valence-corrected chi connectivity index (χ1v) is 7.68. The van der Waals surface area contributed by atoms with Crippen LogP contribution >= 0.6 is 0 Å². The van der Waals surface area contributed by atoms with Gasteiger partial charge in [0.15, 0.2) is 5.82 Å². The van der Waals surface area contributed by atoms with Crippen molar-refractivity contribution >= 4 is 5.82 Å². The molecule has 2 heterocycles. The molecular weight excluding hydrogens is 248 g/mol. The van der Waals surface area contributed by atoms with Crippen LogP contribution in [0.3, 0.4) is 0 Å². The number of rotatable bonds is 3. The van der Waals surface area contributed by atoms with Crippen molar-refractivity contribution in [3.05, 3.63) is 17.8 Å². The van der Waals surface area contributed by atoms with Crippen molar-refractivity contribution in [2.45, 2.75) is 53.1 Å². The van der Waals surface area contributed by atoms with Gasteiger partial charge in [0.2, 0.25) is 0 Å². The molecule has 0 bridgehead atoms. The number of aromatic nitrogens is 2. The summed E-state index contributed by atoms with van der Waals surface area (Å²) in [6.07, 6.45) is 1.25. The maximum Gasteiger partial charge on any atom is 0.151 e. The largest absolute Gasteiger partial charge is 0.355 e. The number of nitrogens with one attached hydrogen (secondary N) is 1. The summed E-state index contributed by atoms with van der Waals surface area (Å²) in [6, 6.07) is 4.19. The topological polar surface area (TPSA) is 41.0 Å². The second kappa shape index (κ2) is 6.08. The fourth-order valence-corrected chi connectivity index (χ4v) is 2.44. The summed E-state index contributed by atoms with van der Waals surface area (Å²) in [4.78, 5) is 2.36. The normalized spacial score (nSPS) is 23.9. The van der Waals surface area contributed by atoms with Crippen molar-refractivity contribution in [3.63, 3.8) is 0 Å². The minimum atomic E-state index is 0.110. The van der Waals surface area contributed by atoms with Crippen molar-refractivity contribution < 1.29 is 0 Å². The second-order valence-corrected chi connectivity index (χ2v) is 7.18. The Morgan fingerprint density at radius 2 is 1.95 bits per heavy atom. The number of nitrogens with zero attached hydrogens (tertiary/aromatic N) is 3. The molecule has 1 saturated heterocycles. The third-order valence-corrected chi connectivity index (χ3v) is 4.16. The highest BCUT2D eigenvalue weighted by molar-refractivity contribution is 5.38. The molecule has 0 amide bonds. The summed E-state index contributed by atoms with van der Waals surface area (Å²) >= 11 is 0. The van der Waals surface area contributed by atoms with E-state index in [0.717, 1.165) is 43.0 Å². The highest BCUT2D eigenvalue weighted by Crippen LogP contribution is 2.25. The van der Waals surface area contributed by atoms with Gasteiger partial charge < -0.3 is 10.2 Å². The van der Waals surface area contributed by atoms with Gasteiger partial charge in [0, 0.05) is 25.2 Å². The van der Waals surface area contributed by atoms with E-state index in [1.807, 2.05) is 0 Å². The summed E-state index contributed by atoms with van der Waals surface area (Å²) < 4.78 is 0. The molecule has 0 aromatic carbocycles. The highest BCUT2D eigenvalue weighted by atomic mass is 15.3. The Labute approximate surface area is 123 Å². The van der Waals surface area contributed by atoms with Crippen molar-refractivity contribution in [1.29, 1.82) is 0 Å². The lowest BCUT2D eigenvalue weighted by Crippen LogP contribution is -2.39. The molecule has 1 fully saturated rings. The van der Waals surface area contributed by atoms with Crippen molar-refractivity contribution in [1.82, 2.24) is 15.5 Å². The van der Waals surface area contributed by atoms with Gasteiger partial charge in [-0.2, -0.15) is 5.10 Å². The Morgan fingerprint density at radius 3 is 2.50 bits per heavy atom. The van der Waals surface area contributed by atoms with Crippen LogP contribution in [-0.2, 0) is 6.54 Å². The second-order valence-electron chi connectivity index (χ2n) is 7.18. The van der Waals surface area contributed by atoms with Crippen molar-refractivity contribution in [2.24, 2.45) is 11.8 Å². The van der Waals surface area contributed by atoms with Crippen LogP contribution < -0.4 is 10.2 Å². The van der Waals surface area contributed by atoms with Gasteiger partial charge in [0.1, 0.15) is 0 Å². The fraction of sp³-hybridized carbons (Fsp3) is 0.750. The predicted octanol–water partition coefficient (Wildman–Crippen LogP) is 2.85. The first-order valence-electron chi connectivity index (χ1n) is 7.68. The maximum absolute atomic E-state index is 4.40. The lowest BCUT2D eigenvalue weighted by Gasteiger charge is -2.35. The molecule has 2 unspecified atom stereocenters. The smallest absolute Gasteiger partial charge is 0.151 e. The zero-order valence-corrected chi connectivity index (χ0v) is 13.5. The van der Waals surface area contributed by atoms with E-state index in [4.69, 9.17) is 0 Å². The molecule has 0 spiro atoms. The van der Waals surface area contributed by atoms with Crippen LogP contribution in [0.5, 0.6) is 0 Å². The van der Waals surface area contributed by atoms with Gasteiger partial charge in [-0.25, -0.2) is 0 Å². The van der Waals surface area contributed by atoms with Gasteiger partial charge in [0.05, 0.1) is 5.69 Å². The number of piperidine rings is 1. The Balaban J connectivity index is 1.94. The summed E-state index contributed by atoms with van der Waals surface area (Å²) in [5.41, 5.74) is 1.11. The van der Waals surface area contributed by atoms with E-state index in [0.29, 0.717) is 0 Å². The summed E-state index contributed by atoms with van der Waals surface area (Å²) in [7, 11) is 0. The molecule has 4 heteroatoms. The highest BCUT2D eigenvalue weighted by Gasteiger charge is 2.23. The Kier molecular flexibility index (Phi) is 4.63. The molecule has 4 nitrogen and oxygen atoms in total. The van der Waals surface area contributed by atoms with Crippen LogP contribution in [0.1, 0.15) is 46.7 Å². The van der Waals surface area contributed by atoms with Gasteiger partial charge in [-0.1, -0.05) is 13.8 Å². The number of hydrogen-bond donors (Lipinski definition) is 1. The van der Waals surface area contributed by atoms with Gasteiger partial charge in [0.25, 0.3) is 0 Å². The Morgan fingerprint density at radius 1 is 1.20 bits per heavy atom. The van der Waals surface area contributed by atoms with Crippen LogP contribution in [0.15, 0.2) is 12.1 Å². The van der Waals surface area contributed by atoms with Crippen molar-refractivity contribution in [2.75, 3.05) is 18.0 Å². The molecule has 2 rings (SSSR count). The standard InChI is InChI=1S/C16H28N4/c1-12-8-9-20(11-13(12)2)15-7-6-14(18-19-15)10-17-16(3,4)5/h6-7,12-13,17H,8-11H2,1-5H3.